The van der Waals surface area contributed by atoms with E-state index in [0.29, 0.717) is 22.9 Å². The molecule has 0 aliphatic carbocycles. The molecule has 11 atom stereocenters. The van der Waals surface area contributed by atoms with Crippen molar-refractivity contribution in [1.82, 2.24) is 57.4 Å². The van der Waals surface area contributed by atoms with Crippen LogP contribution in [-0.4, -0.2) is 220 Å². The van der Waals surface area contributed by atoms with Crippen molar-refractivity contribution in [1.29, 1.82) is 0 Å². The number of aromatic nitrogens is 2. The van der Waals surface area contributed by atoms with E-state index in [4.69, 9.17) is 21.4 Å². The first kappa shape index (κ1) is 65.8. The molecule has 9 amide bonds. The molecule has 1 aromatic heterocycles. The number of carbonyl (C=O) groups excluding carboxylic acids is 9. The Morgan fingerprint density at radius 3 is 1.87 bits per heavy atom. The van der Waals surface area contributed by atoms with Crippen LogP contribution in [0.2, 0.25) is 0 Å². The maximum atomic E-state index is 14.1. The summed E-state index contributed by atoms with van der Waals surface area (Å²) in [5.41, 5.74) is 11.8. The Morgan fingerprint density at radius 2 is 1.32 bits per heavy atom. The predicted molar refractivity (Wildman–Crippen MR) is 267 cm³/mol. The number of nitrogens with one attached hydrogen (secondary N) is 9. The highest BCUT2D eigenvalue weighted by Gasteiger charge is 2.40. The summed E-state index contributed by atoms with van der Waals surface area (Å²) in [5, 5.41) is 73.7. The molecule has 31 nitrogen and oxygen atoms in total. The number of hydrogen-bond donors (Lipinski definition) is 17. The van der Waals surface area contributed by atoms with E-state index in [0.717, 1.165) is 11.8 Å². The number of fused-ring (bicyclic) bond motifs is 1. The van der Waals surface area contributed by atoms with Crippen LogP contribution in [0.25, 0.3) is 0 Å². The van der Waals surface area contributed by atoms with Crippen LogP contribution in [0, 0.1) is 0 Å². The van der Waals surface area contributed by atoms with Crippen LogP contribution in [0.3, 0.4) is 0 Å². The Bertz CT molecular complexity index is 2160. The fraction of sp³-hybridized carbons (Fsp3) is 0.674. The zero-order valence-electron chi connectivity index (χ0n) is 41.9. The summed E-state index contributed by atoms with van der Waals surface area (Å²) in [4.78, 5) is 151. The van der Waals surface area contributed by atoms with Gasteiger partial charge in [0.1, 0.15) is 69.3 Å². The summed E-state index contributed by atoms with van der Waals surface area (Å²) in [5.74, 6) is -11.2. The van der Waals surface area contributed by atoms with E-state index in [2.05, 4.69) is 52.5 Å². The van der Waals surface area contributed by atoms with Gasteiger partial charge in [0.2, 0.25) is 53.2 Å². The number of H-pyrrole nitrogens is 1. The third-order valence-electron chi connectivity index (χ3n) is 11.3. The third-order valence-corrected chi connectivity index (χ3v) is 15.0. The molecule has 0 aromatic carbocycles. The van der Waals surface area contributed by atoms with E-state index in [9.17, 15) is 77.7 Å². The Hall–Kier alpha value is -6.36. The first-order valence-corrected chi connectivity index (χ1v) is 26.7. The predicted octanol–water partition coefficient (Wildman–Crippen LogP) is -7.63. The number of carboxylic acids is 2. The zero-order chi connectivity index (χ0) is 57.1. The Labute approximate surface area is 442 Å². The van der Waals surface area contributed by atoms with Crippen LogP contribution in [0.5, 0.6) is 0 Å². The van der Waals surface area contributed by atoms with Gasteiger partial charge < -0.3 is 94.5 Å². The van der Waals surface area contributed by atoms with Gasteiger partial charge in [-0.05, 0) is 69.2 Å². The van der Waals surface area contributed by atoms with E-state index < -0.39 is 167 Å². The van der Waals surface area contributed by atoms with Crippen molar-refractivity contribution in [3.05, 3.63) is 18.2 Å². The van der Waals surface area contributed by atoms with Crippen LogP contribution in [0.1, 0.15) is 77.3 Å². The Balaban J connectivity index is 0.00000476. The van der Waals surface area contributed by atoms with Crippen LogP contribution >= 0.6 is 10.8 Å². The molecule has 3 heterocycles. The summed E-state index contributed by atoms with van der Waals surface area (Å²) < 4.78 is 13.9. The molecule has 2 saturated heterocycles. The molecule has 0 bridgehead atoms. The lowest BCUT2D eigenvalue weighted by Crippen LogP contribution is -2.61. The first-order chi connectivity index (χ1) is 36.0. The molecule has 2 fully saturated rings. The largest absolute Gasteiger partial charge is 0.481 e. The van der Waals surface area contributed by atoms with Crippen LogP contribution in [0.15, 0.2) is 12.5 Å². The molecule has 0 spiro atoms. The number of carbonyl (C=O) groups is 11. The zero-order valence-corrected chi connectivity index (χ0v) is 43.5. The van der Waals surface area contributed by atoms with Gasteiger partial charge in [0.25, 0.3) is 5.97 Å². The number of rotatable bonds is 15. The van der Waals surface area contributed by atoms with E-state index in [-0.39, 0.29) is 70.9 Å². The molecule has 76 heavy (non-hydrogen) atoms. The molecule has 1 aromatic rings. The van der Waals surface area contributed by atoms with Gasteiger partial charge in [-0.2, -0.15) is 0 Å². The average molecular weight is 1120 g/mol. The molecule has 33 heteroatoms. The maximum absolute atomic E-state index is 14.1. The van der Waals surface area contributed by atoms with Crippen molar-refractivity contribution in [2.24, 2.45) is 11.5 Å². The van der Waals surface area contributed by atoms with Crippen molar-refractivity contribution in [2.45, 2.75) is 137 Å². The monoisotopic (exact) mass is 1120 g/mol. The molecule has 3 rings (SSSR count). The molecule has 0 saturated carbocycles. The summed E-state index contributed by atoms with van der Waals surface area (Å²) in [6.45, 7) is -2.33. The van der Waals surface area contributed by atoms with Gasteiger partial charge in [-0.3, -0.25) is 52.7 Å². The number of nitrogens with two attached hydrogens (primary N) is 2. The van der Waals surface area contributed by atoms with Gasteiger partial charge in [-0.1, -0.05) is 12.8 Å². The normalized spacial score (nSPS) is 26.6. The fourth-order valence-electron chi connectivity index (χ4n) is 7.33. The van der Waals surface area contributed by atoms with Crippen LogP contribution in [-0.2, 0) is 69.0 Å². The summed E-state index contributed by atoms with van der Waals surface area (Å²) >= 11 is 0. The van der Waals surface area contributed by atoms with Gasteiger partial charge >= 0.3 is 5.97 Å². The van der Waals surface area contributed by atoms with Crippen molar-refractivity contribution in [2.75, 3.05) is 46.1 Å². The lowest BCUT2D eigenvalue weighted by atomic mass is 10.0. The summed E-state index contributed by atoms with van der Waals surface area (Å²) in [7, 11) is -1.70. The van der Waals surface area contributed by atoms with Crippen molar-refractivity contribution in [3.63, 3.8) is 0 Å². The van der Waals surface area contributed by atoms with Crippen molar-refractivity contribution >= 4 is 85.7 Å². The summed E-state index contributed by atoms with van der Waals surface area (Å²) in [6, 6.07) is -12.3. The smallest absolute Gasteiger partial charge is 0.322 e. The van der Waals surface area contributed by atoms with E-state index in [1.807, 2.05) is 0 Å². The highest BCUT2D eigenvalue weighted by atomic mass is 33.1. The molecule has 1 unspecified atom stereocenters. The molecule has 19 N–H and O–H groups in total. The highest BCUT2D eigenvalue weighted by Crippen LogP contribution is 2.30. The number of nitrogens with zero attached hydrogens (tertiary/aromatic N) is 2. The first-order valence-electron chi connectivity index (χ1n) is 24.1. The number of imidazole rings is 1. The molecular weight excluding hydrogens is 1050 g/mol. The average Bonchev–Trinajstić information content (AvgIpc) is 4.09. The molecular formula is C43H71N13O18S2. The third kappa shape index (κ3) is 22.5. The van der Waals surface area contributed by atoms with E-state index >= 15 is 0 Å². The minimum absolute atomic E-state index is 0.000754. The standard InChI is InChI=1S/C41H67N13O16S2.C2H4O2/c1-21(43)33(61)47-24-8-3-2-7-23(34(62)45-15-32(59)60)48-37(65)26(13-22-14-44-20-46-22)50-35(63)25(9-4-5-11-42)49-40(68)30(19-58)71-72(70)31-10-6-12-54(31)41(69)29(18-57)53-39(67)28(17-56)52-38(66)27(16-55)51-36(24)64;1-2(3)4/h14,20-21,23-31,55-58H,2-13,15-19,42-43H2,1H3,(H,44,46)(H,45,62)(H,47,61)(H,48,65)(H,49,68)(H,50,63)(H,51,64)(H,52,66)(H,53,67)(H,59,60);1H3,(H,3,4)/t21-,23+,24+,25-,26-,27+,28-,29-,30-,31-,72?;/m0./s1. The number of hydrogen-bond acceptors (Lipinski definition) is 20. The second kappa shape index (κ2) is 34.3. The maximum Gasteiger partial charge on any atom is 0.322 e. The van der Waals surface area contributed by atoms with E-state index in [1.54, 1.807) is 0 Å². The van der Waals surface area contributed by atoms with Gasteiger partial charge in [0.15, 0.2) is 0 Å². The molecule has 2 aliphatic heterocycles. The number of aromatic amines is 1. The second-order valence-electron chi connectivity index (χ2n) is 17.4. The number of aliphatic carboxylic acids is 2. The van der Waals surface area contributed by atoms with Crippen LogP contribution in [0.4, 0.5) is 0 Å². The van der Waals surface area contributed by atoms with Gasteiger partial charge in [0, 0.05) is 31.8 Å². The van der Waals surface area contributed by atoms with Gasteiger partial charge in [0.05, 0.1) is 38.8 Å². The number of aliphatic hydroxyl groups is 4. The Kier molecular flexibility index (Phi) is 29.7. The van der Waals surface area contributed by atoms with Gasteiger partial charge in [-0.25, -0.2) is 9.19 Å². The SMILES string of the molecule is CC(=O)O.C[C@H](N)C(=O)N[C@@H]1CCCC[C@H](C(=O)NCC(=O)O)NC(=O)[C@H](Cc2cnc[nH]2)NC(=O)[C@H](CCCCN)NC(=O)[C@H](CO)SS(=O)[C@H]2CCCN2C(=O)[C@H](CO)NC(=O)[C@H](CO)NC(=O)[C@@H](CO)NC1=O. The fourth-order valence-corrected chi connectivity index (χ4v) is 10.8. The number of unbranched alkanes of at least 4 members (excludes halogenated alkanes) is 1. The number of aliphatic hydroxyl groups excluding tert-OH is 4. The second-order valence-corrected chi connectivity index (χ2v) is 20.8. The highest BCUT2D eigenvalue weighted by molar-refractivity contribution is 8.69. The lowest BCUT2D eigenvalue weighted by Gasteiger charge is -2.29. The summed E-state index contributed by atoms with van der Waals surface area (Å²) in [6.07, 6.45) is 3.03. The number of carboxylic acid groups (broad SMARTS) is 2. The minimum atomic E-state index is -2.17. The van der Waals surface area contributed by atoms with E-state index in [1.165, 1.54) is 19.4 Å². The quantitative estimate of drug-likeness (QED) is 0.0573. The minimum Gasteiger partial charge on any atom is -0.481 e. The van der Waals surface area contributed by atoms with Gasteiger partial charge in [-0.15, -0.1) is 0 Å². The van der Waals surface area contributed by atoms with Crippen molar-refractivity contribution < 1.29 is 87.6 Å². The molecule has 428 valence electrons. The van der Waals surface area contributed by atoms with Crippen molar-refractivity contribution in [3.8, 4) is 0 Å². The lowest BCUT2D eigenvalue weighted by molar-refractivity contribution is -0.139. The Morgan fingerprint density at radius 1 is 0.763 bits per heavy atom. The molecule has 0 radical (unpaired) electrons. The molecule has 2 aliphatic rings. The topological polar surface area (TPSA) is 506 Å². The number of amides is 9. The van der Waals surface area contributed by atoms with Crippen LogP contribution < -0.4 is 54.0 Å².